The van der Waals surface area contributed by atoms with Crippen LogP contribution in [0.15, 0.2) is 35.2 Å². The van der Waals surface area contributed by atoms with Gasteiger partial charge < -0.3 is 5.32 Å². The standard InChI is InChI=1S/C12H14N4O2S.Na/c1-8-7-12(15-9(2)14-8)16-10-3-5-11(6-4-10)19(13,17)18;/h3-7H,1-2H3,(H2,13,17,18)(H,14,15,16);. The molecule has 1 aromatic carbocycles. The Morgan fingerprint density at radius 2 is 1.70 bits per heavy atom. The van der Waals surface area contributed by atoms with Gasteiger partial charge in [0.15, 0.2) is 0 Å². The Kier molecular flexibility index (Phi) is 5.67. The molecule has 0 saturated carbocycles. The fourth-order valence-corrected chi connectivity index (χ4v) is 2.17. The molecule has 2 rings (SSSR count). The molecule has 0 aliphatic rings. The number of benzene rings is 1. The van der Waals surface area contributed by atoms with Crippen LogP contribution < -0.4 is 10.5 Å². The van der Waals surface area contributed by atoms with Gasteiger partial charge in [-0.05, 0) is 38.1 Å². The van der Waals surface area contributed by atoms with Crippen LogP contribution in [0.1, 0.15) is 11.5 Å². The van der Waals surface area contributed by atoms with Crippen LogP contribution in [0.4, 0.5) is 11.5 Å². The maximum absolute atomic E-state index is 11.1. The molecule has 0 bridgehead atoms. The van der Waals surface area contributed by atoms with Crippen LogP contribution in [-0.4, -0.2) is 47.9 Å². The number of anilines is 2. The van der Waals surface area contributed by atoms with E-state index in [1.54, 1.807) is 18.2 Å². The Morgan fingerprint density at radius 3 is 2.20 bits per heavy atom. The Hall–Kier alpha value is -0.990. The van der Waals surface area contributed by atoms with Crippen LogP contribution in [0, 0.1) is 13.8 Å². The van der Waals surface area contributed by atoms with Crippen LogP contribution in [0.5, 0.6) is 0 Å². The summed E-state index contributed by atoms with van der Waals surface area (Å²) in [5, 5.41) is 8.11. The largest absolute Gasteiger partial charge is 0.340 e. The molecule has 0 saturated heterocycles. The maximum Gasteiger partial charge on any atom is 0.238 e. The SMILES string of the molecule is Cc1cc(Nc2ccc(S(N)(=O)=O)cc2)nc(C)n1.[Na]. The predicted molar refractivity (Wildman–Crippen MR) is 78.4 cm³/mol. The second-order valence-electron chi connectivity index (χ2n) is 4.14. The van der Waals surface area contributed by atoms with E-state index in [0.29, 0.717) is 11.6 Å². The van der Waals surface area contributed by atoms with Gasteiger partial charge in [-0.2, -0.15) is 0 Å². The van der Waals surface area contributed by atoms with Crippen LogP contribution in [0.25, 0.3) is 0 Å². The number of sulfonamides is 1. The van der Waals surface area contributed by atoms with Gasteiger partial charge in [0, 0.05) is 47.0 Å². The van der Waals surface area contributed by atoms with Gasteiger partial charge in [0.05, 0.1) is 4.90 Å². The van der Waals surface area contributed by atoms with E-state index in [9.17, 15) is 8.42 Å². The number of aromatic nitrogens is 2. The average molecular weight is 301 g/mol. The molecule has 0 unspecified atom stereocenters. The number of nitrogens with zero attached hydrogens (tertiary/aromatic N) is 2. The van der Waals surface area contributed by atoms with E-state index in [4.69, 9.17) is 5.14 Å². The van der Waals surface area contributed by atoms with Crippen LogP contribution in [0.2, 0.25) is 0 Å². The molecule has 3 N–H and O–H groups in total. The molecular formula is C12H14N4NaO2S. The summed E-state index contributed by atoms with van der Waals surface area (Å²) in [6.07, 6.45) is 0. The van der Waals surface area contributed by atoms with Crippen molar-refractivity contribution < 1.29 is 8.42 Å². The zero-order valence-corrected chi connectivity index (χ0v) is 14.4. The summed E-state index contributed by atoms with van der Waals surface area (Å²) in [4.78, 5) is 8.49. The maximum atomic E-state index is 11.1. The Morgan fingerprint density at radius 1 is 1.10 bits per heavy atom. The molecule has 0 amide bonds. The summed E-state index contributed by atoms with van der Waals surface area (Å²) in [7, 11) is -3.66. The third-order valence-corrected chi connectivity index (χ3v) is 3.35. The van der Waals surface area contributed by atoms with E-state index in [1.165, 1.54) is 12.1 Å². The van der Waals surface area contributed by atoms with Crippen molar-refractivity contribution in [3.05, 3.63) is 41.9 Å². The number of nitrogens with one attached hydrogen (secondary N) is 1. The van der Waals surface area contributed by atoms with Crippen molar-refractivity contribution in [2.75, 3.05) is 5.32 Å². The van der Waals surface area contributed by atoms with E-state index in [1.807, 2.05) is 13.8 Å². The summed E-state index contributed by atoms with van der Waals surface area (Å²) < 4.78 is 22.3. The molecular weight excluding hydrogens is 287 g/mol. The fraction of sp³-hybridized carbons (Fsp3) is 0.167. The van der Waals surface area contributed by atoms with E-state index in [0.717, 1.165) is 11.4 Å². The van der Waals surface area contributed by atoms with Gasteiger partial charge in [-0.15, -0.1) is 0 Å². The topological polar surface area (TPSA) is 98.0 Å². The van der Waals surface area contributed by atoms with Gasteiger partial charge in [-0.25, -0.2) is 23.5 Å². The summed E-state index contributed by atoms with van der Waals surface area (Å²) in [5.74, 6) is 1.33. The number of aryl methyl sites for hydroxylation is 2. The van der Waals surface area contributed by atoms with Gasteiger partial charge in [0.1, 0.15) is 11.6 Å². The summed E-state index contributed by atoms with van der Waals surface area (Å²) in [6, 6.07) is 7.96. The minimum absolute atomic E-state index is 0. The zero-order chi connectivity index (χ0) is 14.0. The Balaban J connectivity index is 0.00000200. The van der Waals surface area contributed by atoms with Crippen molar-refractivity contribution in [3.63, 3.8) is 0 Å². The molecule has 0 fully saturated rings. The van der Waals surface area contributed by atoms with Crippen molar-refractivity contribution in [1.82, 2.24) is 9.97 Å². The second-order valence-corrected chi connectivity index (χ2v) is 5.70. The summed E-state index contributed by atoms with van der Waals surface area (Å²) in [5.41, 5.74) is 1.58. The molecule has 20 heavy (non-hydrogen) atoms. The van der Waals surface area contributed by atoms with Crippen LogP contribution >= 0.6 is 0 Å². The van der Waals surface area contributed by atoms with Gasteiger partial charge in [-0.1, -0.05) is 0 Å². The summed E-state index contributed by atoms with van der Waals surface area (Å²) >= 11 is 0. The second kappa shape index (κ2) is 6.64. The third-order valence-electron chi connectivity index (χ3n) is 2.42. The molecule has 0 aliphatic carbocycles. The summed E-state index contributed by atoms with van der Waals surface area (Å²) in [6.45, 7) is 3.69. The molecule has 0 atom stereocenters. The van der Waals surface area contributed by atoms with Crippen molar-refractivity contribution in [2.24, 2.45) is 5.14 Å². The normalized spacial score (nSPS) is 10.8. The van der Waals surface area contributed by atoms with Crippen molar-refractivity contribution in [3.8, 4) is 0 Å². The molecule has 1 heterocycles. The molecule has 1 radical (unpaired) electrons. The van der Waals surface area contributed by atoms with Gasteiger partial charge >= 0.3 is 0 Å². The number of hydrogen-bond acceptors (Lipinski definition) is 5. The monoisotopic (exact) mass is 301 g/mol. The minimum Gasteiger partial charge on any atom is -0.340 e. The van der Waals surface area contributed by atoms with Crippen LogP contribution in [-0.2, 0) is 10.0 Å². The van der Waals surface area contributed by atoms with Crippen LogP contribution in [0.3, 0.4) is 0 Å². The first kappa shape index (κ1) is 17.1. The van der Waals surface area contributed by atoms with Gasteiger partial charge in [0.25, 0.3) is 0 Å². The van der Waals surface area contributed by atoms with E-state index in [2.05, 4.69) is 15.3 Å². The number of nitrogens with two attached hydrogens (primary N) is 1. The van der Waals surface area contributed by atoms with Crippen molar-refractivity contribution in [2.45, 2.75) is 18.7 Å². The molecule has 8 heteroatoms. The molecule has 101 valence electrons. The molecule has 2 aromatic rings. The average Bonchev–Trinajstić information content (AvgIpc) is 2.26. The quantitative estimate of drug-likeness (QED) is 0.827. The molecule has 0 aliphatic heterocycles. The molecule has 6 nitrogen and oxygen atoms in total. The predicted octanol–water partition coefficient (Wildman–Crippen LogP) is 1.10. The first-order valence-corrected chi connectivity index (χ1v) is 7.11. The van der Waals surface area contributed by atoms with E-state index in [-0.39, 0.29) is 34.5 Å². The zero-order valence-electron chi connectivity index (χ0n) is 11.6. The fourth-order valence-electron chi connectivity index (χ4n) is 1.66. The molecule has 0 spiro atoms. The Bertz CT molecular complexity index is 682. The van der Waals surface area contributed by atoms with Gasteiger partial charge in [0.2, 0.25) is 10.0 Å². The third kappa shape index (κ3) is 4.53. The molecule has 1 aromatic heterocycles. The Labute approximate surface area is 140 Å². The number of rotatable bonds is 3. The van der Waals surface area contributed by atoms with Crippen molar-refractivity contribution >= 4 is 51.1 Å². The minimum atomic E-state index is -3.66. The number of hydrogen-bond donors (Lipinski definition) is 2. The first-order chi connectivity index (χ1) is 8.84. The first-order valence-electron chi connectivity index (χ1n) is 5.57. The smallest absolute Gasteiger partial charge is 0.238 e. The van der Waals surface area contributed by atoms with E-state index < -0.39 is 10.0 Å². The number of primary sulfonamides is 1. The van der Waals surface area contributed by atoms with Gasteiger partial charge in [-0.3, -0.25) is 0 Å². The van der Waals surface area contributed by atoms with Crippen molar-refractivity contribution in [1.29, 1.82) is 0 Å². The van der Waals surface area contributed by atoms with E-state index >= 15 is 0 Å².